The van der Waals surface area contributed by atoms with Gasteiger partial charge in [0.05, 0.1) is 18.0 Å². The van der Waals surface area contributed by atoms with E-state index in [1.54, 1.807) is 23.5 Å². The molecule has 0 unspecified atom stereocenters. The van der Waals surface area contributed by atoms with Gasteiger partial charge in [-0.05, 0) is 19.3 Å². The molecule has 0 radical (unpaired) electrons. The zero-order chi connectivity index (χ0) is 18.6. The van der Waals surface area contributed by atoms with Gasteiger partial charge in [0.2, 0.25) is 0 Å². The average molecular weight is 381 g/mol. The van der Waals surface area contributed by atoms with Crippen molar-refractivity contribution in [3.63, 3.8) is 0 Å². The first-order chi connectivity index (χ1) is 13.2. The van der Waals surface area contributed by atoms with Crippen molar-refractivity contribution in [2.75, 3.05) is 23.4 Å². The fraction of sp³-hybridized carbons (Fsp3) is 0.389. The highest BCUT2D eigenvalue weighted by atomic mass is 32.1. The molecular weight excluding hydrogens is 362 g/mol. The molecule has 3 aromatic heterocycles. The van der Waals surface area contributed by atoms with E-state index in [-0.39, 0.29) is 5.91 Å². The lowest BCUT2D eigenvalue weighted by molar-refractivity contribution is -0.123. The number of likely N-dealkylation sites (N-methyl/N-ethyl adjacent to an activating group) is 1. The van der Waals surface area contributed by atoms with E-state index in [1.165, 1.54) is 11.3 Å². The van der Waals surface area contributed by atoms with E-state index >= 15 is 0 Å². The maximum Gasteiger partial charge on any atom is 0.252 e. The lowest BCUT2D eigenvalue weighted by atomic mass is 9.89. The Morgan fingerprint density at radius 3 is 3.00 bits per heavy atom. The number of fused-ring (bicyclic) bond motifs is 3. The molecule has 2 aliphatic rings. The summed E-state index contributed by atoms with van der Waals surface area (Å²) < 4.78 is 0. The van der Waals surface area contributed by atoms with E-state index in [0.717, 1.165) is 53.6 Å². The second-order valence-electron chi connectivity index (χ2n) is 6.90. The topological polar surface area (TPSA) is 90.9 Å². The van der Waals surface area contributed by atoms with E-state index in [9.17, 15) is 4.79 Å². The average Bonchev–Trinajstić information content (AvgIpc) is 3.45. The van der Waals surface area contributed by atoms with Crippen LogP contribution in [0.5, 0.6) is 0 Å². The Hall–Kier alpha value is -2.81. The second kappa shape index (κ2) is 5.85. The Balaban J connectivity index is 1.66. The van der Waals surface area contributed by atoms with Crippen LogP contribution in [0, 0.1) is 0 Å². The number of carbonyl (C=O) groups is 1. The minimum absolute atomic E-state index is 0.137. The van der Waals surface area contributed by atoms with Gasteiger partial charge >= 0.3 is 0 Å². The summed E-state index contributed by atoms with van der Waals surface area (Å²) in [6.07, 6.45) is 7.85. The summed E-state index contributed by atoms with van der Waals surface area (Å²) in [5, 5.41) is 9.95. The van der Waals surface area contributed by atoms with Crippen LogP contribution in [0.3, 0.4) is 0 Å². The highest BCUT2D eigenvalue weighted by Gasteiger charge is 2.52. The summed E-state index contributed by atoms with van der Waals surface area (Å²) >= 11 is 1.54. The first kappa shape index (κ1) is 16.4. The van der Waals surface area contributed by atoms with E-state index in [0.29, 0.717) is 5.82 Å². The summed E-state index contributed by atoms with van der Waals surface area (Å²) in [5.74, 6) is 1.55. The number of carbonyl (C=O) groups excluding carboxylic acids is 1. The van der Waals surface area contributed by atoms with Gasteiger partial charge in [-0.25, -0.2) is 15.0 Å². The smallest absolute Gasteiger partial charge is 0.252 e. The first-order valence-corrected chi connectivity index (χ1v) is 9.90. The fourth-order valence-electron chi connectivity index (χ4n) is 4.25. The lowest BCUT2D eigenvalue weighted by Gasteiger charge is -2.45. The van der Waals surface area contributed by atoms with E-state index in [1.807, 2.05) is 12.4 Å². The summed E-state index contributed by atoms with van der Waals surface area (Å²) in [6, 6.07) is 0. The third-order valence-corrected chi connectivity index (χ3v) is 6.46. The molecule has 8 nitrogen and oxygen atoms in total. The quantitative estimate of drug-likeness (QED) is 0.750. The largest absolute Gasteiger partial charge is 0.340 e. The number of rotatable bonds is 3. The molecule has 5 heterocycles. The van der Waals surface area contributed by atoms with Crippen LogP contribution in [0.2, 0.25) is 0 Å². The number of amides is 1. The summed E-state index contributed by atoms with van der Waals surface area (Å²) in [7, 11) is 1.82. The molecule has 1 N–H and O–H groups in total. The molecule has 1 fully saturated rings. The molecule has 0 spiro atoms. The van der Waals surface area contributed by atoms with Crippen LogP contribution >= 0.6 is 11.3 Å². The van der Waals surface area contributed by atoms with Crippen molar-refractivity contribution in [3.05, 3.63) is 24.0 Å². The second-order valence-corrected chi connectivity index (χ2v) is 7.80. The molecule has 1 amide bonds. The molecule has 1 saturated heterocycles. The number of nitrogens with one attached hydrogen (secondary N) is 1. The van der Waals surface area contributed by atoms with E-state index < -0.39 is 5.54 Å². The van der Waals surface area contributed by atoms with Gasteiger partial charge < -0.3 is 9.80 Å². The minimum Gasteiger partial charge on any atom is -0.340 e. The first-order valence-electron chi connectivity index (χ1n) is 9.02. The van der Waals surface area contributed by atoms with Gasteiger partial charge in [0.25, 0.3) is 5.91 Å². The molecule has 138 valence electrons. The van der Waals surface area contributed by atoms with Gasteiger partial charge in [-0.3, -0.25) is 9.89 Å². The van der Waals surface area contributed by atoms with Crippen molar-refractivity contribution in [1.29, 1.82) is 0 Å². The third-order valence-electron chi connectivity index (χ3n) is 5.67. The van der Waals surface area contributed by atoms with Crippen molar-refractivity contribution in [2.45, 2.75) is 31.7 Å². The Labute approximate surface area is 160 Å². The van der Waals surface area contributed by atoms with Crippen LogP contribution in [0.4, 0.5) is 11.5 Å². The van der Waals surface area contributed by atoms with Gasteiger partial charge in [-0.15, -0.1) is 11.3 Å². The van der Waals surface area contributed by atoms with Crippen molar-refractivity contribution < 1.29 is 4.79 Å². The molecule has 3 aromatic rings. The molecular formula is C18H19N7OS. The highest BCUT2D eigenvalue weighted by molar-refractivity contribution is 7.13. The predicted molar refractivity (Wildman–Crippen MR) is 104 cm³/mol. The van der Waals surface area contributed by atoms with Crippen molar-refractivity contribution in [2.24, 2.45) is 0 Å². The van der Waals surface area contributed by atoms with Crippen LogP contribution < -0.4 is 9.80 Å². The Morgan fingerprint density at radius 2 is 2.22 bits per heavy atom. The Morgan fingerprint density at radius 1 is 1.33 bits per heavy atom. The number of thiazole rings is 1. The van der Waals surface area contributed by atoms with E-state index in [4.69, 9.17) is 4.98 Å². The molecule has 1 atom stereocenters. The van der Waals surface area contributed by atoms with Crippen molar-refractivity contribution in [3.8, 4) is 22.1 Å². The number of aromatic amines is 1. The molecule has 0 aliphatic carbocycles. The van der Waals surface area contributed by atoms with Crippen LogP contribution in [0.1, 0.15) is 26.2 Å². The van der Waals surface area contributed by atoms with Crippen LogP contribution in [-0.4, -0.2) is 50.2 Å². The molecule has 0 aromatic carbocycles. The normalized spacial score (nSPS) is 21.5. The monoisotopic (exact) mass is 381 g/mol. The molecule has 27 heavy (non-hydrogen) atoms. The summed E-state index contributed by atoms with van der Waals surface area (Å²) in [4.78, 5) is 30.7. The SMILES string of the molecule is CC[C@@]12CCCN1c1nc(-c3cn[nH]c3-c3nccs3)ncc1N(C)C2=O. The third kappa shape index (κ3) is 2.18. The van der Waals surface area contributed by atoms with E-state index in [2.05, 4.69) is 32.0 Å². The molecule has 0 bridgehead atoms. The van der Waals surface area contributed by atoms with Crippen LogP contribution in [0.25, 0.3) is 22.1 Å². The predicted octanol–water partition coefficient (Wildman–Crippen LogP) is 2.72. The van der Waals surface area contributed by atoms with Gasteiger partial charge in [0, 0.05) is 25.2 Å². The van der Waals surface area contributed by atoms with Crippen LogP contribution in [0.15, 0.2) is 24.0 Å². The number of anilines is 2. The number of H-pyrrole nitrogens is 1. The summed E-state index contributed by atoms with van der Waals surface area (Å²) in [6.45, 7) is 2.91. The Bertz CT molecular complexity index is 1010. The van der Waals surface area contributed by atoms with Gasteiger partial charge in [-0.2, -0.15) is 5.10 Å². The zero-order valence-electron chi connectivity index (χ0n) is 15.1. The maximum atomic E-state index is 13.1. The molecule has 2 aliphatic heterocycles. The lowest BCUT2D eigenvalue weighted by Crippen LogP contribution is -2.59. The standard InChI is InChI=1S/C18H19N7OS/c1-3-18-5-4-7-25(18)15-12(24(2)17(18)26)10-20-14(22-15)11-9-21-23-13(11)16-19-6-8-27-16/h6,8-10H,3-5,7H2,1-2H3,(H,21,23)/t18-/m0/s1. The maximum absolute atomic E-state index is 13.1. The molecule has 9 heteroatoms. The number of aromatic nitrogens is 5. The number of nitrogens with zero attached hydrogens (tertiary/aromatic N) is 6. The minimum atomic E-state index is -0.484. The molecule has 5 rings (SSSR count). The number of hydrogen-bond acceptors (Lipinski definition) is 7. The zero-order valence-corrected chi connectivity index (χ0v) is 16.0. The fourth-order valence-corrected chi connectivity index (χ4v) is 4.89. The Kier molecular flexibility index (Phi) is 3.55. The highest BCUT2D eigenvalue weighted by Crippen LogP contribution is 2.46. The van der Waals surface area contributed by atoms with Crippen LogP contribution in [-0.2, 0) is 4.79 Å². The van der Waals surface area contributed by atoms with Gasteiger partial charge in [0.15, 0.2) is 11.6 Å². The molecule has 0 saturated carbocycles. The van der Waals surface area contributed by atoms with Crippen molar-refractivity contribution in [1.82, 2.24) is 25.1 Å². The van der Waals surface area contributed by atoms with Gasteiger partial charge in [-0.1, -0.05) is 6.92 Å². The van der Waals surface area contributed by atoms with Gasteiger partial charge in [0.1, 0.15) is 21.9 Å². The summed E-state index contributed by atoms with van der Waals surface area (Å²) in [5.41, 5.74) is 1.90. The number of hydrogen-bond donors (Lipinski definition) is 1. The van der Waals surface area contributed by atoms with Crippen molar-refractivity contribution >= 4 is 28.7 Å².